The van der Waals surface area contributed by atoms with Gasteiger partial charge in [-0.2, -0.15) is 0 Å². The molecule has 3 N–H and O–H groups in total. The van der Waals surface area contributed by atoms with Crippen molar-refractivity contribution < 1.29 is 4.79 Å². The number of hydrogen-bond acceptors (Lipinski definition) is 3. The Morgan fingerprint density at radius 3 is 2.37 bits per heavy atom. The van der Waals surface area contributed by atoms with Crippen molar-refractivity contribution in [3.05, 3.63) is 49.6 Å². The molecule has 0 spiro atoms. The van der Waals surface area contributed by atoms with Crippen molar-refractivity contribution in [3.8, 4) is 0 Å². The van der Waals surface area contributed by atoms with Gasteiger partial charge in [0, 0.05) is 25.3 Å². The first-order valence-corrected chi connectivity index (χ1v) is 7.52. The highest BCUT2D eigenvalue weighted by Gasteiger charge is 2.13. The summed E-state index contributed by atoms with van der Waals surface area (Å²) in [6.07, 6.45) is 1.50. The van der Waals surface area contributed by atoms with Gasteiger partial charge in [-0.3, -0.25) is 9.78 Å². The first-order valence-electron chi connectivity index (χ1n) is 5.15. The highest BCUT2D eigenvalue weighted by atomic mass is 79.9. The van der Waals surface area contributed by atoms with Crippen molar-refractivity contribution in [1.82, 2.24) is 4.98 Å². The summed E-state index contributed by atoms with van der Waals surface area (Å²) in [4.78, 5) is 16.1. The molecule has 98 valence electrons. The average Bonchev–Trinajstić information content (AvgIpc) is 2.33. The monoisotopic (exact) mass is 447 g/mol. The number of amides is 1. The zero-order chi connectivity index (χ0) is 14.0. The minimum Gasteiger partial charge on any atom is -0.399 e. The summed E-state index contributed by atoms with van der Waals surface area (Å²) >= 11 is 10.2. The van der Waals surface area contributed by atoms with Crippen LogP contribution < -0.4 is 11.1 Å². The van der Waals surface area contributed by atoms with E-state index in [-0.39, 0.29) is 11.6 Å². The van der Waals surface area contributed by atoms with E-state index < -0.39 is 0 Å². The number of rotatable bonds is 2. The largest absolute Gasteiger partial charge is 0.399 e. The number of anilines is 2. The summed E-state index contributed by atoms with van der Waals surface area (Å²) in [5, 5.41) is 2.78. The third-order valence-corrected chi connectivity index (χ3v) is 3.97. The van der Waals surface area contributed by atoms with Crippen LogP contribution in [0.25, 0.3) is 0 Å². The molecule has 0 saturated carbocycles. The lowest BCUT2D eigenvalue weighted by atomic mass is 10.2. The van der Waals surface area contributed by atoms with Gasteiger partial charge in [0.05, 0.1) is 5.69 Å². The predicted molar refractivity (Wildman–Crippen MR) is 86.1 cm³/mol. The molecule has 0 unspecified atom stereocenters. The number of nitrogens with one attached hydrogen (secondary N) is 1. The SMILES string of the molecule is Nc1ccnc(C(=O)Nc2c(Br)cc(Br)cc2Br)c1. The van der Waals surface area contributed by atoms with Crippen LogP contribution in [0.1, 0.15) is 10.5 Å². The van der Waals surface area contributed by atoms with Crippen LogP contribution in [0.5, 0.6) is 0 Å². The normalized spacial score (nSPS) is 10.3. The first-order chi connectivity index (χ1) is 8.97. The molecule has 4 nitrogen and oxygen atoms in total. The second-order valence-corrected chi connectivity index (χ2v) is 6.30. The molecule has 0 atom stereocenters. The number of hydrogen-bond donors (Lipinski definition) is 2. The van der Waals surface area contributed by atoms with E-state index in [0.29, 0.717) is 11.4 Å². The molecule has 1 aromatic heterocycles. The Balaban J connectivity index is 2.29. The summed E-state index contributed by atoms with van der Waals surface area (Å²) in [5.74, 6) is -0.323. The fourth-order valence-corrected chi connectivity index (χ4v) is 3.87. The number of nitrogen functional groups attached to an aromatic ring is 1. The van der Waals surface area contributed by atoms with Gasteiger partial charge in [0.25, 0.3) is 5.91 Å². The van der Waals surface area contributed by atoms with Gasteiger partial charge in [-0.25, -0.2) is 0 Å². The number of benzene rings is 1. The van der Waals surface area contributed by atoms with Crippen molar-refractivity contribution >= 4 is 65.1 Å². The highest BCUT2D eigenvalue weighted by Crippen LogP contribution is 2.34. The Morgan fingerprint density at radius 1 is 1.16 bits per heavy atom. The molecule has 0 radical (unpaired) electrons. The van der Waals surface area contributed by atoms with E-state index >= 15 is 0 Å². The molecule has 1 heterocycles. The molecule has 0 fully saturated rings. The predicted octanol–water partition coefficient (Wildman–Crippen LogP) is 4.20. The van der Waals surface area contributed by atoms with E-state index in [2.05, 4.69) is 58.1 Å². The fourth-order valence-electron chi connectivity index (χ4n) is 1.41. The van der Waals surface area contributed by atoms with Crippen LogP contribution in [0.15, 0.2) is 43.9 Å². The van der Waals surface area contributed by atoms with Crippen molar-refractivity contribution in [2.24, 2.45) is 0 Å². The van der Waals surface area contributed by atoms with E-state index in [1.807, 2.05) is 12.1 Å². The second kappa shape index (κ2) is 6.02. The topological polar surface area (TPSA) is 68.0 Å². The van der Waals surface area contributed by atoms with Crippen LogP contribution in [-0.4, -0.2) is 10.9 Å². The van der Waals surface area contributed by atoms with Crippen molar-refractivity contribution in [1.29, 1.82) is 0 Å². The minimum atomic E-state index is -0.323. The van der Waals surface area contributed by atoms with Gasteiger partial charge in [-0.05, 0) is 56.1 Å². The molecule has 0 saturated heterocycles. The summed E-state index contributed by atoms with van der Waals surface area (Å²) in [6.45, 7) is 0. The number of aromatic nitrogens is 1. The molecule has 2 aromatic rings. The molecule has 0 aliphatic rings. The third-order valence-electron chi connectivity index (χ3n) is 2.26. The van der Waals surface area contributed by atoms with Gasteiger partial charge in [-0.1, -0.05) is 15.9 Å². The van der Waals surface area contributed by atoms with E-state index in [9.17, 15) is 4.79 Å². The highest BCUT2D eigenvalue weighted by molar-refractivity contribution is 9.11. The van der Waals surface area contributed by atoms with E-state index in [1.165, 1.54) is 12.3 Å². The Bertz CT molecular complexity index is 623. The Labute approximate surface area is 135 Å². The Kier molecular flexibility index (Phi) is 4.59. The zero-order valence-electron chi connectivity index (χ0n) is 9.45. The molecule has 0 aliphatic carbocycles. The van der Waals surface area contributed by atoms with Crippen LogP contribution in [0.3, 0.4) is 0 Å². The van der Waals surface area contributed by atoms with Gasteiger partial charge in [0.1, 0.15) is 5.69 Å². The maximum atomic E-state index is 12.1. The first kappa shape index (κ1) is 14.5. The quantitative estimate of drug-likeness (QED) is 0.721. The van der Waals surface area contributed by atoms with Crippen LogP contribution in [0.4, 0.5) is 11.4 Å². The van der Waals surface area contributed by atoms with Crippen molar-refractivity contribution in [2.45, 2.75) is 0 Å². The molecular weight excluding hydrogens is 442 g/mol. The average molecular weight is 450 g/mol. The molecule has 7 heteroatoms. The summed E-state index contributed by atoms with van der Waals surface area (Å²) < 4.78 is 2.41. The Hall–Kier alpha value is -0.920. The van der Waals surface area contributed by atoms with Gasteiger partial charge in [0.2, 0.25) is 0 Å². The van der Waals surface area contributed by atoms with Gasteiger partial charge in [0.15, 0.2) is 0 Å². The molecular formula is C12H8Br3N3O. The maximum Gasteiger partial charge on any atom is 0.274 e. The molecule has 19 heavy (non-hydrogen) atoms. The van der Waals surface area contributed by atoms with Crippen LogP contribution in [-0.2, 0) is 0 Å². The van der Waals surface area contributed by atoms with Gasteiger partial charge >= 0.3 is 0 Å². The van der Waals surface area contributed by atoms with Gasteiger partial charge < -0.3 is 11.1 Å². The zero-order valence-corrected chi connectivity index (χ0v) is 14.2. The number of carbonyl (C=O) groups is 1. The number of nitrogens with two attached hydrogens (primary N) is 1. The smallest absolute Gasteiger partial charge is 0.274 e. The number of carbonyl (C=O) groups excluding carboxylic acids is 1. The summed E-state index contributed by atoms with van der Waals surface area (Å²) in [6, 6.07) is 6.83. The van der Waals surface area contributed by atoms with E-state index in [0.717, 1.165) is 13.4 Å². The lowest BCUT2D eigenvalue weighted by Crippen LogP contribution is -2.14. The third kappa shape index (κ3) is 3.55. The maximum absolute atomic E-state index is 12.1. The number of nitrogens with zero attached hydrogens (tertiary/aromatic N) is 1. The number of halogens is 3. The molecule has 1 amide bonds. The summed E-state index contributed by atoms with van der Waals surface area (Å²) in [5.41, 5.74) is 7.02. The lowest BCUT2D eigenvalue weighted by Gasteiger charge is -2.10. The molecule has 2 rings (SSSR count). The Morgan fingerprint density at radius 2 is 1.79 bits per heavy atom. The fraction of sp³-hybridized carbons (Fsp3) is 0. The molecule has 0 aliphatic heterocycles. The van der Waals surface area contributed by atoms with Gasteiger partial charge in [-0.15, -0.1) is 0 Å². The van der Waals surface area contributed by atoms with Crippen LogP contribution >= 0.6 is 47.8 Å². The van der Waals surface area contributed by atoms with Crippen LogP contribution in [0, 0.1) is 0 Å². The standard InChI is InChI=1S/C12H8Br3N3O/c13-6-3-8(14)11(9(15)4-6)18-12(19)10-5-7(16)1-2-17-10/h1-5H,(H2,16,17)(H,18,19). The number of pyridine rings is 1. The lowest BCUT2D eigenvalue weighted by molar-refractivity contribution is 0.102. The summed E-state index contributed by atoms with van der Waals surface area (Å²) in [7, 11) is 0. The van der Waals surface area contributed by atoms with Crippen molar-refractivity contribution in [3.63, 3.8) is 0 Å². The minimum absolute atomic E-state index is 0.265. The molecule has 0 bridgehead atoms. The molecule has 1 aromatic carbocycles. The van der Waals surface area contributed by atoms with E-state index in [4.69, 9.17) is 5.73 Å². The second-order valence-electron chi connectivity index (χ2n) is 3.67. The van der Waals surface area contributed by atoms with E-state index in [1.54, 1.807) is 6.07 Å². The van der Waals surface area contributed by atoms with Crippen molar-refractivity contribution in [2.75, 3.05) is 11.1 Å². The van der Waals surface area contributed by atoms with Crippen LogP contribution in [0.2, 0.25) is 0 Å².